The van der Waals surface area contributed by atoms with Crippen molar-refractivity contribution in [3.63, 3.8) is 0 Å². The number of unbranched alkanes of at least 4 members (excludes halogenated alkanes) is 1. The Morgan fingerprint density at radius 3 is 2.83 bits per heavy atom. The lowest BCUT2D eigenvalue weighted by Crippen LogP contribution is -2.38. The lowest BCUT2D eigenvalue weighted by atomic mass is 10.0. The molecule has 0 unspecified atom stereocenters. The molecule has 2 aromatic carbocycles. The predicted octanol–water partition coefficient (Wildman–Crippen LogP) is 5.09. The zero-order valence-electron chi connectivity index (χ0n) is 17.6. The van der Waals surface area contributed by atoms with Gasteiger partial charge in [-0.25, -0.2) is 9.18 Å². The van der Waals surface area contributed by atoms with E-state index in [1.807, 2.05) is 24.3 Å². The van der Waals surface area contributed by atoms with Crippen LogP contribution in [0.4, 0.5) is 20.6 Å². The Bertz CT molecular complexity index is 854. The van der Waals surface area contributed by atoms with Crippen LogP contribution < -0.4 is 15.0 Å². The Labute approximate surface area is 178 Å². The maximum atomic E-state index is 13.1. The third-order valence-corrected chi connectivity index (χ3v) is 5.15. The van der Waals surface area contributed by atoms with Gasteiger partial charge in [0, 0.05) is 24.5 Å². The van der Waals surface area contributed by atoms with E-state index in [1.165, 1.54) is 12.1 Å². The van der Waals surface area contributed by atoms with Crippen molar-refractivity contribution < 1.29 is 13.9 Å². The highest BCUT2D eigenvalue weighted by Crippen LogP contribution is 2.31. The topological polar surface area (TPSA) is 44.8 Å². The highest BCUT2D eigenvalue weighted by molar-refractivity contribution is 6.02. The number of anilines is 2. The number of carbonyl (C=O) groups is 1. The quantitative estimate of drug-likeness (QED) is 0.462. The molecule has 6 heteroatoms. The molecular formula is C24H30FN3O2. The molecule has 1 aliphatic heterocycles. The first kappa shape index (κ1) is 21.8. The summed E-state index contributed by atoms with van der Waals surface area (Å²) in [6.07, 6.45) is 5.78. The summed E-state index contributed by atoms with van der Waals surface area (Å²) in [6, 6.07) is 11.5. The molecule has 0 radical (unpaired) electrons. The number of halogens is 1. The third-order valence-electron chi connectivity index (χ3n) is 5.15. The van der Waals surface area contributed by atoms with Crippen LogP contribution in [-0.2, 0) is 6.42 Å². The van der Waals surface area contributed by atoms with Crippen molar-refractivity contribution in [3.8, 4) is 5.75 Å². The number of urea groups is 1. The first-order valence-corrected chi connectivity index (χ1v) is 10.5. The molecule has 0 atom stereocenters. The van der Waals surface area contributed by atoms with E-state index in [1.54, 1.807) is 17.0 Å². The van der Waals surface area contributed by atoms with Crippen LogP contribution in [0.1, 0.15) is 24.8 Å². The second kappa shape index (κ2) is 10.8. The standard InChI is InChI=1S/C24H30FN3O2/c1-3-14-27(2)15-4-5-17-30-22-12-13-23-19(18-22)7-6-16-28(23)24(29)26-21-10-8-20(25)9-11-21/h3,8-13,18H,1,4-7,14-17H2,2H3,(H,26,29). The predicted molar refractivity (Wildman–Crippen MR) is 120 cm³/mol. The molecule has 0 saturated heterocycles. The average Bonchev–Trinajstić information content (AvgIpc) is 2.74. The molecule has 2 amide bonds. The van der Waals surface area contributed by atoms with Gasteiger partial charge in [-0.1, -0.05) is 6.08 Å². The molecule has 3 rings (SSSR count). The van der Waals surface area contributed by atoms with Crippen molar-refractivity contribution in [1.82, 2.24) is 4.90 Å². The van der Waals surface area contributed by atoms with Crippen molar-refractivity contribution in [2.24, 2.45) is 0 Å². The molecule has 0 aromatic heterocycles. The van der Waals surface area contributed by atoms with Crippen molar-refractivity contribution in [2.45, 2.75) is 25.7 Å². The van der Waals surface area contributed by atoms with E-state index in [-0.39, 0.29) is 11.8 Å². The number of carbonyl (C=O) groups excluding carboxylic acids is 1. The number of benzene rings is 2. The van der Waals surface area contributed by atoms with Gasteiger partial charge in [0.15, 0.2) is 0 Å². The molecule has 0 fully saturated rings. The number of rotatable bonds is 9. The van der Waals surface area contributed by atoms with Gasteiger partial charge in [0.25, 0.3) is 0 Å². The van der Waals surface area contributed by atoms with Gasteiger partial charge in [0.1, 0.15) is 11.6 Å². The molecule has 1 heterocycles. The van der Waals surface area contributed by atoms with E-state index >= 15 is 0 Å². The van der Waals surface area contributed by atoms with Crippen LogP contribution in [0.25, 0.3) is 0 Å². The summed E-state index contributed by atoms with van der Waals surface area (Å²) in [4.78, 5) is 16.7. The van der Waals surface area contributed by atoms with E-state index < -0.39 is 0 Å². The average molecular weight is 412 g/mol. The number of ether oxygens (including phenoxy) is 1. The molecule has 0 bridgehead atoms. The summed E-state index contributed by atoms with van der Waals surface area (Å²) in [7, 11) is 2.09. The summed E-state index contributed by atoms with van der Waals surface area (Å²) in [5.74, 6) is 0.515. The third kappa shape index (κ3) is 6.07. The van der Waals surface area contributed by atoms with Crippen molar-refractivity contribution >= 4 is 17.4 Å². The summed E-state index contributed by atoms with van der Waals surface area (Å²) in [5, 5.41) is 2.84. The maximum Gasteiger partial charge on any atom is 0.326 e. The molecule has 0 aliphatic carbocycles. The molecule has 2 aromatic rings. The van der Waals surface area contributed by atoms with E-state index in [0.717, 1.165) is 55.8 Å². The Balaban J connectivity index is 1.54. The lowest BCUT2D eigenvalue weighted by Gasteiger charge is -2.30. The second-order valence-electron chi connectivity index (χ2n) is 7.59. The van der Waals surface area contributed by atoms with Crippen molar-refractivity contribution in [1.29, 1.82) is 0 Å². The lowest BCUT2D eigenvalue weighted by molar-refractivity contribution is 0.256. The second-order valence-corrected chi connectivity index (χ2v) is 7.59. The summed E-state index contributed by atoms with van der Waals surface area (Å²) in [6.45, 7) is 7.00. The normalized spacial score (nSPS) is 13.1. The smallest absolute Gasteiger partial charge is 0.326 e. The summed E-state index contributed by atoms with van der Waals surface area (Å²) in [5.41, 5.74) is 2.59. The zero-order valence-corrected chi connectivity index (χ0v) is 17.6. The fraction of sp³-hybridized carbons (Fsp3) is 0.375. The van der Waals surface area contributed by atoms with Crippen LogP contribution >= 0.6 is 0 Å². The van der Waals surface area contributed by atoms with Gasteiger partial charge in [0.05, 0.1) is 6.61 Å². The summed E-state index contributed by atoms with van der Waals surface area (Å²) >= 11 is 0. The van der Waals surface area contributed by atoms with Gasteiger partial charge in [-0.2, -0.15) is 0 Å². The number of amides is 2. The Kier molecular flexibility index (Phi) is 7.85. The number of nitrogens with one attached hydrogen (secondary N) is 1. The van der Waals surface area contributed by atoms with Gasteiger partial charge < -0.3 is 15.0 Å². The van der Waals surface area contributed by atoms with Crippen LogP contribution in [0.15, 0.2) is 55.1 Å². The number of nitrogens with zero attached hydrogens (tertiary/aromatic N) is 2. The molecule has 1 N–H and O–H groups in total. The molecule has 0 spiro atoms. The highest BCUT2D eigenvalue weighted by atomic mass is 19.1. The number of aryl methyl sites for hydroxylation is 1. The minimum Gasteiger partial charge on any atom is -0.494 e. The fourth-order valence-electron chi connectivity index (χ4n) is 3.58. The van der Waals surface area contributed by atoms with Gasteiger partial charge in [-0.05, 0) is 87.3 Å². The van der Waals surface area contributed by atoms with Crippen LogP contribution in [-0.4, -0.2) is 44.2 Å². The Hall–Kier alpha value is -2.86. The van der Waals surface area contributed by atoms with Gasteiger partial charge in [-0.15, -0.1) is 6.58 Å². The fourth-order valence-corrected chi connectivity index (χ4v) is 3.58. The number of likely N-dealkylation sites (N-methyl/N-ethyl adjacent to an activating group) is 1. The van der Waals surface area contributed by atoms with Crippen LogP contribution in [0.2, 0.25) is 0 Å². The minimum absolute atomic E-state index is 0.208. The Morgan fingerprint density at radius 2 is 2.07 bits per heavy atom. The zero-order chi connectivity index (χ0) is 21.3. The first-order valence-electron chi connectivity index (χ1n) is 10.5. The van der Waals surface area contributed by atoms with E-state index in [0.29, 0.717) is 18.8 Å². The van der Waals surface area contributed by atoms with Gasteiger partial charge >= 0.3 is 6.03 Å². The number of fused-ring (bicyclic) bond motifs is 1. The maximum absolute atomic E-state index is 13.1. The molecule has 5 nitrogen and oxygen atoms in total. The first-order chi connectivity index (χ1) is 14.6. The molecule has 1 aliphatic rings. The molecule has 0 saturated carbocycles. The largest absolute Gasteiger partial charge is 0.494 e. The number of hydrogen-bond acceptors (Lipinski definition) is 3. The molecule has 30 heavy (non-hydrogen) atoms. The molecule has 160 valence electrons. The van der Waals surface area contributed by atoms with E-state index in [2.05, 4.69) is 23.8 Å². The van der Waals surface area contributed by atoms with Crippen molar-refractivity contribution in [2.75, 3.05) is 43.5 Å². The van der Waals surface area contributed by atoms with Gasteiger partial charge in [0.2, 0.25) is 0 Å². The summed E-state index contributed by atoms with van der Waals surface area (Å²) < 4.78 is 19.0. The minimum atomic E-state index is -0.326. The van der Waals surface area contributed by atoms with E-state index in [9.17, 15) is 9.18 Å². The van der Waals surface area contributed by atoms with Crippen LogP contribution in [0, 0.1) is 5.82 Å². The SMILES string of the molecule is C=CCN(C)CCCCOc1ccc2c(c1)CCCN2C(=O)Nc1ccc(F)cc1. The van der Waals surface area contributed by atoms with Crippen LogP contribution in [0.5, 0.6) is 5.75 Å². The highest BCUT2D eigenvalue weighted by Gasteiger charge is 2.23. The van der Waals surface area contributed by atoms with Crippen LogP contribution in [0.3, 0.4) is 0 Å². The Morgan fingerprint density at radius 1 is 1.27 bits per heavy atom. The molecular weight excluding hydrogens is 381 g/mol. The van der Waals surface area contributed by atoms with E-state index in [4.69, 9.17) is 4.74 Å². The number of hydrogen-bond donors (Lipinski definition) is 1. The monoisotopic (exact) mass is 411 g/mol. The van der Waals surface area contributed by atoms with Gasteiger partial charge in [-0.3, -0.25) is 4.90 Å². The van der Waals surface area contributed by atoms with Crippen molar-refractivity contribution in [3.05, 3.63) is 66.5 Å².